The number of amides is 1. The molecule has 26 heavy (non-hydrogen) atoms. The lowest BCUT2D eigenvalue weighted by Gasteiger charge is -2.07. The number of benzene rings is 1. The van der Waals surface area contributed by atoms with Crippen LogP contribution in [0.5, 0.6) is 0 Å². The van der Waals surface area contributed by atoms with E-state index in [0.717, 1.165) is 30.6 Å². The molecule has 0 atom stereocenters. The summed E-state index contributed by atoms with van der Waals surface area (Å²) in [6, 6.07) is 9.36. The summed E-state index contributed by atoms with van der Waals surface area (Å²) in [5, 5.41) is 11.6. The molecular weight excluding hydrogens is 350 g/mol. The second-order valence-corrected chi connectivity index (χ2v) is 6.85. The van der Waals surface area contributed by atoms with E-state index in [9.17, 15) is 9.59 Å². The lowest BCUT2D eigenvalue weighted by atomic mass is 10.1. The van der Waals surface area contributed by atoms with Crippen molar-refractivity contribution in [1.82, 2.24) is 19.6 Å². The highest BCUT2D eigenvalue weighted by Gasteiger charge is 2.13. The summed E-state index contributed by atoms with van der Waals surface area (Å²) in [6.07, 6.45) is 2.60. The van der Waals surface area contributed by atoms with Gasteiger partial charge in [-0.25, -0.2) is 0 Å². The van der Waals surface area contributed by atoms with Gasteiger partial charge in [0.2, 0.25) is 11.7 Å². The van der Waals surface area contributed by atoms with Crippen molar-refractivity contribution in [3.8, 4) is 0 Å². The number of thioether (sulfide) groups is 1. The van der Waals surface area contributed by atoms with Crippen LogP contribution in [0.3, 0.4) is 0 Å². The largest absolute Gasteiger partial charge is 0.325 e. The Labute approximate surface area is 155 Å². The molecule has 0 fully saturated rings. The molecule has 0 unspecified atom stereocenters. The molecule has 7 nitrogen and oxygen atoms in total. The number of hydrogen-bond donors (Lipinski definition) is 2. The summed E-state index contributed by atoms with van der Waals surface area (Å²) in [5.74, 6) is 0.498. The van der Waals surface area contributed by atoms with E-state index in [1.165, 1.54) is 17.3 Å². The molecule has 8 heteroatoms. The third-order valence-electron chi connectivity index (χ3n) is 3.94. The van der Waals surface area contributed by atoms with Crippen LogP contribution in [-0.4, -0.2) is 31.2 Å². The van der Waals surface area contributed by atoms with Crippen LogP contribution in [0.25, 0.3) is 5.78 Å². The SMILES string of the molecule is CCCc1cc(=O)[nH]c2nnc(SCC(=O)Nc3ccc(CC)cc3)n12. The average Bonchev–Trinajstić information content (AvgIpc) is 3.04. The van der Waals surface area contributed by atoms with E-state index in [1.807, 2.05) is 31.2 Å². The number of H-pyrrole nitrogens is 1. The number of hydrogen-bond acceptors (Lipinski definition) is 5. The van der Waals surface area contributed by atoms with E-state index in [4.69, 9.17) is 0 Å². The van der Waals surface area contributed by atoms with Crippen molar-refractivity contribution in [2.24, 2.45) is 0 Å². The smallest absolute Gasteiger partial charge is 0.252 e. The fraction of sp³-hybridized carbons (Fsp3) is 0.333. The van der Waals surface area contributed by atoms with Gasteiger partial charge >= 0.3 is 0 Å². The minimum atomic E-state index is -0.196. The maximum atomic E-state index is 12.2. The second-order valence-electron chi connectivity index (χ2n) is 5.90. The van der Waals surface area contributed by atoms with Crippen LogP contribution in [0.1, 0.15) is 31.5 Å². The van der Waals surface area contributed by atoms with Crippen LogP contribution in [0.4, 0.5) is 5.69 Å². The summed E-state index contributed by atoms with van der Waals surface area (Å²) in [5.41, 5.74) is 2.65. The van der Waals surface area contributed by atoms with E-state index in [1.54, 1.807) is 10.5 Å². The number of rotatable bonds is 7. The van der Waals surface area contributed by atoms with E-state index < -0.39 is 0 Å². The number of carbonyl (C=O) groups excluding carboxylic acids is 1. The van der Waals surface area contributed by atoms with Crippen molar-refractivity contribution in [2.45, 2.75) is 38.3 Å². The van der Waals surface area contributed by atoms with Gasteiger partial charge in [0.25, 0.3) is 5.56 Å². The minimum absolute atomic E-state index is 0.113. The van der Waals surface area contributed by atoms with Crippen LogP contribution in [0.15, 0.2) is 40.3 Å². The van der Waals surface area contributed by atoms with Gasteiger partial charge in [0.15, 0.2) is 5.16 Å². The number of aromatic amines is 1. The summed E-state index contributed by atoms with van der Waals surface area (Å²) < 4.78 is 1.80. The fourth-order valence-electron chi connectivity index (χ4n) is 2.66. The van der Waals surface area contributed by atoms with Gasteiger partial charge in [0.1, 0.15) is 0 Å². The first-order valence-corrected chi connectivity index (χ1v) is 9.58. The summed E-state index contributed by atoms with van der Waals surface area (Å²) >= 11 is 1.29. The normalized spacial score (nSPS) is 11.0. The van der Waals surface area contributed by atoms with Crippen LogP contribution in [0, 0.1) is 0 Å². The Balaban J connectivity index is 1.70. The molecule has 0 radical (unpaired) electrons. The third kappa shape index (κ3) is 4.13. The molecule has 3 aromatic rings. The first-order chi connectivity index (χ1) is 12.6. The molecule has 3 rings (SSSR count). The van der Waals surface area contributed by atoms with Crippen molar-refractivity contribution in [2.75, 3.05) is 11.1 Å². The van der Waals surface area contributed by atoms with Gasteiger partial charge in [-0.2, -0.15) is 0 Å². The van der Waals surface area contributed by atoms with Crippen LogP contribution < -0.4 is 10.9 Å². The third-order valence-corrected chi connectivity index (χ3v) is 4.87. The van der Waals surface area contributed by atoms with E-state index in [0.29, 0.717) is 10.9 Å². The molecule has 0 aliphatic heterocycles. The van der Waals surface area contributed by atoms with Crippen molar-refractivity contribution in [1.29, 1.82) is 0 Å². The molecule has 0 aliphatic rings. The molecule has 0 spiro atoms. The van der Waals surface area contributed by atoms with Gasteiger partial charge in [0.05, 0.1) is 5.75 Å². The van der Waals surface area contributed by atoms with Gasteiger partial charge in [-0.15, -0.1) is 10.2 Å². The monoisotopic (exact) mass is 371 g/mol. The maximum absolute atomic E-state index is 12.2. The topological polar surface area (TPSA) is 92.2 Å². The fourth-order valence-corrected chi connectivity index (χ4v) is 3.42. The van der Waals surface area contributed by atoms with Gasteiger partial charge in [-0.3, -0.25) is 19.0 Å². The lowest BCUT2D eigenvalue weighted by molar-refractivity contribution is -0.113. The predicted octanol–water partition coefficient (Wildman–Crippen LogP) is 2.66. The Kier molecular flexibility index (Phi) is 5.72. The van der Waals surface area contributed by atoms with E-state index in [2.05, 4.69) is 27.4 Å². The standard InChI is InChI=1S/C18H21N5O2S/c1-3-5-14-10-15(24)20-17-21-22-18(23(14)17)26-11-16(25)19-13-8-6-12(4-2)7-9-13/h6-10H,3-5,11H2,1-2H3,(H,19,25)(H,20,21,24). The number of nitrogens with one attached hydrogen (secondary N) is 2. The minimum Gasteiger partial charge on any atom is -0.325 e. The zero-order chi connectivity index (χ0) is 18.5. The van der Waals surface area contributed by atoms with Crippen LogP contribution >= 0.6 is 11.8 Å². The molecule has 0 aliphatic carbocycles. The average molecular weight is 371 g/mol. The molecule has 2 heterocycles. The quantitative estimate of drug-likeness (QED) is 0.623. The number of fused-ring (bicyclic) bond motifs is 1. The Morgan fingerprint density at radius 1 is 1.23 bits per heavy atom. The molecule has 2 aromatic heterocycles. The van der Waals surface area contributed by atoms with Gasteiger partial charge in [-0.05, 0) is 30.5 Å². The highest BCUT2D eigenvalue weighted by molar-refractivity contribution is 7.99. The zero-order valence-electron chi connectivity index (χ0n) is 14.8. The maximum Gasteiger partial charge on any atom is 0.252 e. The number of anilines is 1. The van der Waals surface area contributed by atoms with E-state index in [-0.39, 0.29) is 17.2 Å². The summed E-state index contributed by atoms with van der Waals surface area (Å²) in [6.45, 7) is 4.13. The van der Waals surface area contributed by atoms with Crippen molar-refractivity contribution >= 4 is 29.1 Å². The number of aromatic nitrogens is 4. The van der Waals surface area contributed by atoms with Crippen LogP contribution in [-0.2, 0) is 17.6 Å². The molecule has 2 N–H and O–H groups in total. The first kappa shape index (κ1) is 18.2. The second kappa shape index (κ2) is 8.18. The molecule has 1 aromatic carbocycles. The predicted molar refractivity (Wildman–Crippen MR) is 103 cm³/mol. The van der Waals surface area contributed by atoms with Crippen molar-refractivity contribution in [3.05, 3.63) is 51.9 Å². The highest BCUT2D eigenvalue weighted by atomic mass is 32.2. The molecule has 0 bridgehead atoms. The van der Waals surface area contributed by atoms with Gasteiger partial charge in [-0.1, -0.05) is 44.2 Å². The molecule has 136 valence electrons. The Morgan fingerprint density at radius 2 is 2.00 bits per heavy atom. The molecule has 1 amide bonds. The zero-order valence-corrected chi connectivity index (χ0v) is 15.6. The van der Waals surface area contributed by atoms with Gasteiger partial charge < -0.3 is 5.32 Å². The van der Waals surface area contributed by atoms with Crippen molar-refractivity contribution in [3.63, 3.8) is 0 Å². The first-order valence-electron chi connectivity index (χ1n) is 8.59. The molecule has 0 saturated heterocycles. The van der Waals surface area contributed by atoms with Crippen molar-refractivity contribution < 1.29 is 4.79 Å². The number of carbonyl (C=O) groups is 1. The van der Waals surface area contributed by atoms with Crippen LogP contribution in [0.2, 0.25) is 0 Å². The Morgan fingerprint density at radius 3 is 2.69 bits per heavy atom. The molecular formula is C18H21N5O2S. The van der Waals surface area contributed by atoms with E-state index >= 15 is 0 Å². The Bertz CT molecular complexity index is 962. The number of nitrogens with zero attached hydrogens (tertiary/aromatic N) is 3. The Hall–Kier alpha value is -2.61. The lowest BCUT2D eigenvalue weighted by Crippen LogP contribution is -2.15. The highest BCUT2D eigenvalue weighted by Crippen LogP contribution is 2.19. The number of aryl methyl sites for hydroxylation is 2. The van der Waals surface area contributed by atoms with Gasteiger partial charge in [0, 0.05) is 17.4 Å². The molecule has 0 saturated carbocycles. The summed E-state index contributed by atoms with van der Waals surface area (Å²) in [4.78, 5) is 26.6. The summed E-state index contributed by atoms with van der Waals surface area (Å²) in [7, 11) is 0.